The molecule has 4 rings (SSSR count). The summed E-state index contributed by atoms with van der Waals surface area (Å²) < 4.78 is 0. The first kappa shape index (κ1) is 18.4. The van der Waals surface area contributed by atoms with E-state index in [4.69, 9.17) is 23.2 Å². The number of fused-ring (bicyclic) bond motifs is 1. The predicted octanol–water partition coefficient (Wildman–Crippen LogP) is 2.93. The Morgan fingerprint density at radius 3 is 2.21 bits per heavy atom. The van der Waals surface area contributed by atoms with Crippen LogP contribution in [-0.4, -0.2) is 41.4 Å². The number of imide groups is 1. The van der Waals surface area contributed by atoms with Crippen molar-refractivity contribution in [2.45, 2.75) is 12.1 Å². The summed E-state index contributed by atoms with van der Waals surface area (Å²) in [6.45, 7) is -0.221. The molecule has 2 aromatic rings. The smallest absolute Gasteiger partial charge is 0.263 e. The van der Waals surface area contributed by atoms with E-state index in [0.717, 1.165) is 4.90 Å². The van der Waals surface area contributed by atoms with Crippen LogP contribution in [-0.2, 0) is 14.4 Å². The molecule has 0 radical (unpaired) electrons. The van der Waals surface area contributed by atoms with E-state index in [2.05, 4.69) is 15.7 Å². The van der Waals surface area contributed by atoms with Gasteiger partial charge in [-0.3, -0.25) is 19.4 Å². The maximum Gasteiger partial charge on any atom is 0.263 e. The molecule has 3 amide bonds. The highest BCUT2D eigenvalue weighted by molar-refractivity contribution is 6.31. The molecule has 0 aliphatic carbocycles. The van der Waals surface area contributed by atoms with Crippen LogP contribution >= 0.6 is 23.2 Å². The number of anilines is 2. The SMILES string of the molecule is O=C(CN1N=N[C@@H]2C(=O)N(c3ccc(Cl)cc3)C(=O)[C@@H]21)Nc1ccc(Cl)cc1. The fourth-order valence-corrected chi connectivity index (χ4v) is 3.33. The first-order chi connectivity index (χ1) is 13.4. The molecule has 10 heteroatoms. The molecule has 2 heterocycles. The minimum Gasteiger partial charge on any atom is -0.324 e. The second kappa shape index (κ2) is 7.21. The summed E-state index contributed by atoms with van der Waals surface area (Å²) in [5, 5.41) is 12.7. The highest BCUT2D eigenvalue weighted by Gasteiger charge is 2.55. The van der Waals surface area contributed by atoms with Gasteiger partial charge in [-0.1, -0.05) is 28.4 Å². The first-order valence-electron chi connectivity index (χ1n) is 8.30. The van der Waals surface area contributed by atoms with Gasteiger partial charge in [0.15, 0.2) is 12.1 Å². The van der Waals surface area contributed by atoms with E-state index < -0.39 is 29.8 Å². The number of carbonyl (C=O) groups is 3. The zero-order chi connectivity index (χ0) is 19.8. The molecular formula is C18H13Cl2N5O3. The number of benzene rings is 2. The number of halogens is 2. The van der Waals surface area contributed by atoms with Gasteiger partial charge in [0.2, 0.25) is 5.91 Å². The topological polar surface area (TPSA) is 94.4 Å². The fraction of sp³-hybridized carbons (Fsp3) is 0.167. The molecule has 1 fully saturated rings. The van der Waals surface area contributed by atoms with Gasteiger partial charge < -0.3 is 5.32 Å². The highest BCUT2D eigenvalue weighted by atomic mass is 35.5. The molecule has 0 unspecified atom stereocenters. The Labute approximate surface area is 169 Å². The van der Waals surface area contributed by atoms with Crippen molar-refractivity contribution in [2.75, 3.05) is 16.8 Å². The lowest BCUT2D eigenvalue weighted by molar-refractivity contribution is -0.123. The molecule has 2 aliphatic rings. The van der Waals surface area contributed by atoms with Crippen molar-refractivity contribution < 1.29 is 14.4 Å². The Hall–Kier alpha value is -2.97. The quantitative estimate of drug-likeness (QED) is 0.773. The van der Waals surface area contributed by atoms with E-state index >= 15 is 0 Å². The van der Waals surface area contributed by atoms with E-state index in [9.17, 15) is 14.4 Å². The summed E-state index contributed by atoms with van der Waals surface area (Å²) in [5.74, 6) is -1.37. The highest BCUT2D eigenvalue weighted by Crippen LogP contribution is 2.32. The van der Waals surface area contributed by atoms with Gasteiger partial charge in [0.1, 0.15) is 6.54 Å². The zero-order valence-electron chi connectivity index (χ0n) is 14.3. The van der Waals surface area contributed by atoms with Crippen molar-refractivity contribution in [1.82, 2.24) is 5.01 Å². The Balaban J connectivity index is 1.48. The largest absolute Gasteiger partial charge is 0.324 e. The van der Waals surface area contributed by atoms with E-state index in [1.54, 1.807) is 48.5 Å². The van der Waals surface area contributed by atoms with Crippen LogP contribution in [0.2, 0.25) is 10.0 Å². The standard InChI is InChI=1S/C18H13Cl2N5O3/c19-10-1-5-12(6-2-10)21-14(26)9-24-16-15(22-23-24)17(27)25(18(16)28)13-7-3-11(20)4-8-13/h1-8,15-16H,9H2,(H,21,26)/t15-,16+/m0/s1. The predicted molar refractivity (Wildman–Crippen MR) is 103 cm³/mol. The maximum absolute atomic E-state index is 12.8. The van der Waals surface area contributed by atoms with Gasteiger partial charge >= 0.3 is 0 Å². The van der Waals surface area contributed by atoms with Crippen LogP contribution in [0.1, 0.15) is 0 Å². The summed E-state index contributed by atoms with van der Waals surface area (Å²) in [6, 6.07) is 11.0. The number of rotatable bonds is 4. The molecule has 28 heavy (non-hydrogen) atoms. The molecule has 142 valence electrons. The molecule has 1 N–H and O–H groups in total. The van der Waals surface area contributed by atoms with Gasteiger partial charge in [0.05, 0.1) is 5.69 Å². The number of hydrogen-bond donors (Lipinski definition) is 1. The van der Waals surface area contributed by atoms with Crippen molar-refractivity contribution in [3.05, 3.63) is 58.6 Å². The van der Waals surface area contributed by atoms with Crippen LogP contribution in [0.15, 0.2) is 58.9 Å². The van der Waals surface area contributed by atoms with Crippen molar-refractivity contribution in [2.24, 2.45) is 10.3 Å². The zero-order valence-corrected chi connectivity index (χ0v) is 15.8. The Bertz CT molecular complexity index is 978. The summed E-state index contributed by atoms with van der Waals surface area (Å²) in [4.78, 5) is 38.8. The number of carbonyl (C=O) groups excluding carboxylic acids is 3. The third kappa shape index (κ3) is 3.32. The third-order valence-electron chi connectivity index (χ3n) is 4.38. The number of nitrogens with zero attached hydrogens (tertiary/aromatic N) is 4. The molecule has 0 spiro atoms. The maximum atomic E-state index is 12.8. The van der Waals surface area contributed by atoms with Crippen LogP contribution in [0.4, 0.5) is 11.4 Å². The molecule has 0 bridgehead atoms. The second-order valence-electron chi connectivity index (χ2n) is 6.24. The van der Waals surface area contributed by atoms with Gasteiger partial charge in [-0.2, -0.15) is 5.11 Å². The normalized spacial score (nSPS) is 20.6. The van der Waals surface area contributed by atoms with E-state index in [0.29, 0.717) is 21.4 Å². The van der Waals surface area contributed by atoms with Gasteiger partial charge in [-0.25, -0.2) is 4.90 Å². The van der Waals surface area contributed by atoms with Crippen molar-refractivity contribution in [3.8, 4) is 0 Å². The Morgan fingerprint density at radius 1 is 0.964 bits per heavy atom. The summed E-state index contributed by atoms with van der Waals surface area (Å²) in [6.07, 6.45) is 0. The summed E-state index contributed by atoms with van der Waals surface area (Å²) >= 11 is 11.7. The van der Waals surface area contributed by atoms with Gasteiger partial charge in [-0.05, 0) is 48.5 Å². The van der Waals surface area contributed by atoms with Gasteiger partial charge in [0, 0.05) is 15.7 Å². The summed E-state index contributed by atoms with van der Waals surface area (Å²) in [7, 11) is 0. The third-order valence-corrected chi connectivity index (χ3v) is 4.88. The fourth-order valence-electron chi connectivity index (χ4n) is 3.08. The number of hydrogen-bond acceptors (Lipinski definition) is 6. The Morgan fingerprint density at radius 2 is 1.57 bits per heavy atom. The molecule has 0 saturated carbocycles. The van der Waals surface area contributed by atoms with Crippen LogP contribution in [0.3, 0.4) is 0 Å². The molecule has 0 aromatic heterocycles. The first-order valence-corrected chi connectivity index (χ1v) is 9.06. The van der Waals surface area contributed by atoms with Crippen LogP contribution < -0.4 is 10.2 Å². The average Bonchev–Trinajstić information content (AvgIpc) is 3.18. The molecule has 2 aliphatic heterocycles. The van der Waals surface area contributed by atoms with Crippen LogP contribution in [0, 0.1) is 0 Å². The second-order valence-corrected chi connectivity index (χ2v) is 7.11. The minimum absolute atomic E-state index is 0.221. The lowest BCUT2D eigenvalue weighted by Crippen LogP contribution is -2.43. The van der Waals surface area contributed by atoms with Crippen molar-refractivity contribution in [3.63, 3.8) is 0 Å². The van der Waals surface area contributed by atoms with E-state index in [1.807, 2.05) is 0 Å². The average molecular weight is 418 g/mol. The monoisotopic (exact) mass is 417 g/mol. The van der Waals surface area contributed by atoms with Gasteiger partial charge in [0.25, 0.3) is 11.8 Å². The molecule has 1 saturated heterocycles. The molecule has 8 nitrogen and oxygen atoms in total. The van der Waals surface area contributed by atoms with Gasteiger partial charge in [-0.15, -0.1) is 0 Å². The molecule has 2 atom stereocenters. The number of amides is 3. The van der Waals surface area contributed by atoms with Crippen molar-refractivity contribution in [1.29, 1.82) is 0 Å². The molecular weight excluding hydrogens is 405 g/mol. The van der Waals surface area contributed by atoms with E-state index in [-0.39, 0.29) is 6.54 Å². The lowest BCUT2D eigenvalue weighted by Gasteiger charge is -2.20. The Kier molecular flexibility index (Phi) is 4.74. The minimum atomic E-state index is -0.966. The van der Waals surface area contributed by atoms with E-state index in [1.165, 1.54) is 5.01 Å². The van der Waals surface area contributed by atoms with Crippen LogP contribution in [0.25, 0.3) is 0 Å². The lowest BCUT2D eigenvalue weighted by atomic mass is 10.1. The summed E-state index contributed by atoms with van der Waals surface area (Å²) in [5.41, 5.74) is 0.952. The number of nitrogens with one attached hydrogen (secondary N) is 1. The van der Waals surface area contributed by atoms with Crippen LogP contribution in [0.5, 0.6) is 0 Å². The molecule has 2 aromatic carbocycles. The van der Waals surface area contributed by atoms with Crippen molar-refractivity contribution >= 4 is 52.3 Å².